The quantitative estimate of drug-likeness (QED) is 0.329. The standard InChI is InChI=1S/C25H32F3NO5S/c1-6-20(11-12-25(26,27)28)29-17-18(2)19-7-9-21(10-8-19)35(31,32)24(13-15-33-16-14-24)22(30)34-23(3,4)5/h6-10,17H,1,11-16H2,2-5H3/b18-17+,29-20?. The van der Waals surface area contributed by atoms with E-state index in [1.165, 1.54) is 24.4 Å². The summed E-state index contributed by atoms with van der Waals surface area (Å²) in [6.07, 6.45) is -2.91. The fourth-order valence-corrected chi connectivity index (χ4v) is 5.43. The molecule has 0 aromatic heterocycles. The van der Waals surface area contributed by atoms with Crippen molar-refractivity contribution < 1.29 is 35.9 Å². The van der Waals surface area contributed by atoms with Crippen LogP contribution >= 0.6 is 0 Å². The molecule has 1 heterocycles. The minimum Gasteiger partial charge on any atom is -0.459 e. The summed E-state index contributed by atoms with van der Waals surface area (Å²) in [5, 5.41) is 0. The van der Waals surface area contributed by atoms with Crippen LogP contribution in [-0.2, 0) is 24.1 Å². The van der Waals surface area contributed by atoms with Crippen LogP contribution in [0, 0.1) is 0 Å². The van der Waals surface area contributed by atoms with Gasteiger partial charge in [0.1, 0.15) is 5.60 Å². The summed E-state index contributed by atoms with van der Waals surface area (Å²) >= 11 is 0. The van der Waals surface area contributed by atoms with Crippen molar-refractivity contribution >= 4 is 27.1 Å². The van der Waals surface area contributed by atoms with Gasteiger partial charge in [0.25, 0.3) is 0 Å². The zero-order chi connectivity index (χ0) is 26.5. The van der Waals surface area contributed by atoms with Crippen molar-refractivity contribution in [1.29, 1.82) is 0 Å². The van der Waals surface area contributed by atoms with Crippen LogP contribution < -0.4 is 0 Å². The second-order valence-electron chi connectivity index (χ2n) is 9.39. The van der Waals surface area contributed by atoms with E-state index in [1.54, 1.807) is 39.8 Å². The predicted octanol–water partition coefficient (Wildman–Crippen LogP) is 5.68. The Kier molecular flexibility index (Phi) is 9.10. The lowest BCUT2D eigenvalue weighted by molar-refractivity contribution is -0.160. The molecule has 2 rings (SSSR count). The summed E-state index contributed by atoms with van der Waals surface area (Å²) in [5.41, 5.74) is 0.590. The molecule has 0 bridgehead atoms. The molecule has 1 aliphatic rings. The number of carbonyl (C=O) groups excluding carboxylic acids is 1. The third-order valence-corrected chi connectivity index (χ3v) is 8.03. The molecule has 1 saturated heterocycles. The molecular formula is C25H32F3NO5S. The maximum atomic E-state index is 13.6. The normalized spacial score (nSPS) is 17.7. The molecule has 6 nitrogen and oxygen atoms in total. The van der Waals surface area contributed by atoms with E-state index in [9.17, 15) is 26.4 Å². The van der Waals surface area contributed by atoms with E-state index in [-0.39, 0.29) is 43.1 Å². The number of hydrogen-bond donors (Lipinski definition) is 0. The molecule has 10 heteroatoms. The Balaban J connectivity index is 2.32. The average Bonchev–Trinajstić information content (AvgIpc) is 2.77. The number of carbonyl (C=O) groups is 1. The summed E-state index contributed by atoms with van der Waals surface area (Å²) in [7, 11) is -4.11. The van der Waals surface area contributed by atoms with Crippen LogP contribution in [0.3, 0.4) is 0 Å². The number of ether oxygens (including phenoxy) is 2. The molecule has 0 N–H and O–H groups in total. The van der Waals surface area contributed by atoms with Gasteiger partial charge in [-0.2, -0.15) is 13.2 Å². The zero-order valence-electron chi connectivity index (χ0n) is 20.4. The van der Waals surface area contributed by atoms with Gasteiger partial charge in [0, 0.05) is 44.4 Å². The Morgan fingerprint density at radius 3 is 2.23 bits per heavy atom. The van der Waals surface area contributed by atoms with Crippen LogP contribution in [-0.4, -0.2) is 49.8 Å². The van der Waals surface area contributed by atoms with E-state index >= 15 is 0 Å². The highest BCUT2D eigenvalue weighted by atomic mass is 32.2. The minimum absolute atomic E-state index is 0.0120. The van der Waals surface area contributed by atoms with Gasteiger partial charge >= 0.3 is 12.1 Å². The summed E-state index contributed by atoms with van der Waals surface area (Å²) in [6, 6.07) is 5.95. The van der Waals surface area contributed by atoms with E-state index in [2.05, 4.69) is 11.6 Å². The molecular weight excluding hydrogens is 483 g/mol. The molecule has 0 unspecified atom stereocenters. The van der Waals surface area contributed by atoms with E-state index < -0.39 is 38.8 Å². The minimum atomic E-state index is -4.29. The zero-order valence-corrected chi connectivity index (χ0v) is 21.3. The molecule has 194 valence electrons. The monoisotopic (exact) mass is 515 g/mol. The van der Waals surface area contributed by atoms with Gasteiger partial charge in [-0.3, -0.25) is 9.79 Å². The van der Waals surface area contributed by atoms with Gasteiger partial charge in [-0.1, -0.05) is 18.7 Å². The number of allylic oxidation sites excluding steroid dienone is 2. The number of alkyl halides is 3. The summed E-state index contributed by atoms with van der Waals surface area (Å²) < 4.78 is 73.7. The third-order valence-electron chi connectivity index (χ3n) is 5.53. The number of esters is 1. The average molecular weight is 516 g/mol. The van der Waals surface area contributed by atoms with Crippen molar-refractivity contribution in [3.63, 3.8) is 0 Å². The number of benzene rings is 1. The number of nitrogens with zero attached hydrogens (tertiary/aromatic N) is 1. The molecule has 1 aromatic rings. The van der Waals surface area contributed by atoms with Crippen molar-refractivity contribution in [2.24, 2.45) is 4.99 Å². The maximum Gasteiger partial charge on any atom is 0.389 e. The summed E-state index contributed by atoms with van der Waals surface area (Å²) in [6.45, 7) is 10.5. The van der Waals surface area contributed by atoms with E-state index in [0.717, 1.165) is 0 Å². The second-order valence-corrected chi connectivity index (χ2v) is 11.6. The number of rotatable bonds is 8. The Bertz CT molecular complexity index is 1080. The number of hydrogen-bond acceptors (Lipinski definition) is 6. The van der Waals surface area contributed by atoms with Gasteiger partial charge in [-0.05, 0) is 63.5 Å². The number of aliphatic imine (C=N–C) groups is 1. The maximum absolute atomic E-state index is 13.6. The molecule has 0 aliphatic carbocycles. The van der Waals surface area contributed by atoms with Crippen LogP contribution in [0.25, 0.3) is 5.57 Å². The molecule has 1 aromatic carbocycles. The molecule has 0 spiro atoms. The highest BCUT2D eigenvalue weighted by Gasteiger charge is 2.54. The van der Waals surface area contributed by atoms with Gasteiger partial charge in [0.05, 0.1) is 4.90 Å². The number of sulfone groups is 1. The molecule has 0 atom stereocenters. The third kappa shape index (κ3) is 7.51. The first-order valence-corrected chi connectivity index (χ1v) is 12.7. The molecule has 35 heavy (non-hydrogen) atoms. The second kappa shape index (κ2) is 11.1. The van der Waals surface area contributed by atoms with Crippen molar-refractivity contribution in [2.75, 3.05) is 13.2 Å². The fraction of sp³-hybridized carbons (Fsp3) is 0.520. The van der Waals surface area contributed by atoms with Gasteiger partial charge in [0.2, 0.25) is 0 Å². The Hall–Kier alpha value is -2.46. The lowest BCUT2D eigenvalue weighted by Crippen LogP contribution is -2.53. The molecule has 0 amide bonds. The first-order chi connectivity index (χ1) is 16.1. The first-order valence-electron chi connectivity index (χ1n) is 11.2. The predicted molar refractivity (Wildman–Crippen MR) is 129 cm³/mol. The lowest BCUT2D eigenvalue weighted by atomic mass is 9.99. The fourth-order valence-electron chi connectivity index (χ4n) is 3.52. The van der Waals surface area contributed by atoms with E-state index in [4.69, 9.17) is 9.47 Å². The summed E-state index contributed by atoms with van der Waals surface area (Å²) in [5.74, 6) is -0.793. The van der Waals surface area contributed by atoms with Gasteiger partial charge in [-0.25, -0.2) is 8.42 Å². The molecule has 0 radical (unpaired) electrons. The van der Waals surface area contributed by atoms with Crippen molar-refractivity contribution in [2.45, 2.75) is 74.8 Å². The molecule has 1 aliphatic heterocycles. The van der Waals surface area contributed by atoms with E-state index in [0.29, 0.717) is 11.1 Å². The Morgan fingerprint density at radius 2 is 1.74 bits per heavy atom. The highest BCUT2D eigenvalue weighted by Crippen LogP contribution is 2.37. The van der Waals surface area contributed by atoms with Crippen LogP contribution in [0.15, 0.2) is 53.0 Å². The molecule has 1 fully saturated rings. The molecule has 0 saturated carbocycles. The smallest absolute Gasteiger partial charge is 0.389 e. The van der Waals surface area contributed by atoms with Gasteiger partial charge < -0.3 is 9.47 Å². The van der Waals surface area contributed by atoms with Crippen molar-refractivity contribution in [1.82, 2.24) is 0 Å². The Morgan fingerprint density at radius 1 is 1.17 bits per heavy atom. The summed E-state index contributed by atoms with van der Waals surface area (Å²) in [4.78, 5) is 17.1. The van der Waals surface area contributed by atoms with Gasteiger partial charge in [0.15, 0.2) is 14.6 Å². The van der Waals surface area contributed by atoms with Crippen LogP contribution in [0.5, 0.6) is 0 Å². The van der Waals surface area contributed by atoms with Crippen LogP contribution in [0.1, 0.15) is 58.9 Å². The van der Waals surface area contributed by atoms with Crippen LogP contribution in [0.2, 0.25) is 0 Å². The SMILES string of the molecule is C=CC(CCC(F)(F)F)=N/C=C(\C)c1ccc(S(=O)(=O)C2(C(=O)OC(C)(C)C)CCOCC2)cc1. The largest absolute Gasteiger partial charge is 0.459 e. The van der Waals surface area contributed by atoms with E-state index in [1.807, 2.05) is 0 Å². The lowest BCUT2D eigenvalue weighted by Gasteiger charge is -2.36. The van der Waals surface area contributed by atoms with Crippen molar-refractivity contribution in [3.05, 3.63) is 48.7 Å². The topological polar surface area (TPSA) is 82.0 Å². The highest BCUT2D eigenvalue weighted by molar-refractivity contribution is 7.93. The van der Waals surface area contributed by atoms with Gasteiger partial charge in [-0.15, -0.1) is 0 Å². The Labute approximate surface area is 204 Å². The number of halogens is 3. The van der Waals surface area contributed by atoms with Crippen LogP contribution in [0.4, 0.5) is 13.2 Å². The van der Waals surface area contributed by atoms with Crippen molar-refractivity contribution in [3.8, 4) is 0 Å². The first kappa shape index (κ1) is 28.8.